The highest BCUT2D eigenvalue weighted by Crippen LogP contribution is 2.61. The van der Waals surface area contributed by atoms with Crippen LogP contribution in [0.1, 0.15) is 56.2 Å². The minimum atomic E-state index is -3.70. The van der Waals surface area contributed by atoms with Crippen molar-refractivity contribution in [3.05, 3.63) is 41.9 Å². The van der Waals surface area contributed by atoms with E-state index in [1.54, 1.807) is 18.2 Å². The average Bonchev–Trinajstić information content (AvgIpc) is 2.82. The maximum Gasteiger partial charge on any atom is 0.243 e. The van der Waals surface area contributed by atoms with Gasteiger partial charge in [0.25, 0.3) is 0 Å². The molecule has 4 fully saturated rings. The second-order valence-electron chi connectivity index (χ2n) is 11.1. The van der Waals surface area contributed by atoms with E-state index >= 15 is 0 Å². The van der Waals surface area contributed by atoms with Gasteiger partial charge >= 0.3 is 0 Å². The first-order chi connectivity index (χ1) is 16.8. The molecule has 2 aromatic rings. The lowest BCUT2D eigenvalue weighted by Crippen LogP contribution is -2.47. The number of anilines is 1. The van der Waals surface area contributed by atoms with Gasteiger partial charge in [0, 0.05) is 24.6 Å². The van der Waals surface area contributed by atoms with Crippen LogP contribution in [0.4, 0.5) is 5.82 Å². The van der Waals surface area contributed by atoms with Gasteiger partial charge in [0.2, 0.25) is 15.9 Å². The average molecular weight is 497 g/mol. The van der Waals surface area contributed by atoms with Gasteiger partial charge in [-0.25, -0.2) is 18.4 Å². The number of hydrogen-bond acceptors (Lipinski definition) is 6. The third-order valence-electron chi connectivity index (χ3n) is 8.61. The number of aromatic nitrogens is 2. The highest BCUT2D eigenvalue weighted by molar-refractivity contribution is 7.89. The molecular formula is C26H32N4O4S. The van der Waals surface area contributed by atoms with Gasteiger partial charge in [0.1, 0.15) is 17.9 Å². The first-order valence-electron chi connectivity index (χ1n) is 12.6. The summed E-state index contributed by atoms with van der Waals surface area (Å²) < 4.78 is 33.1. The molecule has 1 aromatic heterocycles. The number of sulfonamides is 1. The van der Waals surface area contributed by atoms with Crippen LogP contribution >= 0.6 is 0 Å². The number of hydrogen-bond donors (Lipinski definition) is 1. The van der Waals surface area contributed by atoms with E-state index in [-0.39, 0.29) is 22.8 Å². The fraction of sp³-hybridized carbons (Fsp3) is 0.577. The van der Waals surface area contributed by atoms with Gasteiger partial charge in [0.05, 0.1) is 24.2 Å². The van der Waals surface area contributed by atoms with Gasteiger partial charge in [-0.1, -0.05) is 6.07 Å². The number of methoxy groups -OCH3 is 1. The molecule has 0 radical (unpaired) electrons. The summed E-state index contributed by atoms with van der Waals surface area (Å²) in [5, 5.41) is 3.07. The van der Waals surface area contributed by atoms with Crippen molar-refractivity contribution in [1.82, 2.24) is 14.3 Å². The molecule has 0 spiro atoms. The number of fused-ring (bicyclic) bond motifs is 1. The summed E-state index contributed by atoms with van der Waals surface area (Å²) in [5.74, 6) is 3.47. The summed E-state index contributed by atoms with van der Waals surface area (Å²) in [4.78, 5) is 22.1. The number of carbonyl (C=O) groups excluding carboxylic acids is 1. The smallest absolute Gasteiger partial charge is 0.243 e. The molecule has 4 saturated carbocycles. The Kier molecular flexibility index (Phi) is 5.60. The lowest BCUT2D eigenvalue weighted by atomic mass is 9.49. The summed E-state index contributed by atoms with van der Waals surface area (Å²) >= 11 is 0. The van der Waals surface area contributed by atoms with Crippen molar-refractivity contribution < 1.29 is 17.9 Å². The number of nitrogens with zero attached hydrogens (tertiary/aromatic N) is 3. The molecule has 0 saturated heterocycles. The molecule has 7 rings (SSSR count). The molecule has 186 valence electrons. The Hall–Kier alpha value is -2.52. The predicted octanol–water partition coefficient (Wildman–Crippen LogP) is 3.78. The van der Waals surface area contributed by atoms with Crippen LogP contribution in [-0.4, -0.2) is 42.3 Å². The quantitative estimate of drug-likeness (QED) is 0.653. The Balaban J connectivity index is 1.17. The number of carbonyl (C=O) groups is 1. The monoisotopic (exact) mass is 496 g/mol. The molecular weight excluding hydrogens is 464 g/mol. The van der Waals surface area contributed by atoms with Crippen LogP contribution in [0.5, 0.6) is 5.75 Å². The van der Waals surface area contributed by atoms with Crippen molar-refractivity contribution >= 4 is 21.7 Å². The Bertz CT molecular complexity index is 1230. The zero-order chi connectivity index (χ0) is 24.2. The predicted molar refractivity (Wildman–Crippen MR) is 130 cm³/mol. The molecule has 0 unspecified atom stereocenters. The Labute approximate surface area is 206 Å². The first kappa shape index (κ1) is 22.9. The van der Waals surface area contributed by atoms with Crippen molar-refractivity contribution in [3.63, 3.8) is 0 Å². The normalized spacial score (nSPS) is 29.6. The second kappa shape index (κ2) is 8.55. The van der Waals surface area contributed by atoms with E-state index in [1.165, 1.54) is 62.3 Å². The van der Waals surface area contributed by atoms with E-state index in [0.29, 0.717) is 36.6 Å². The van der Waals surface area contributed by atoms with Gasteiger partial charge < -0.3 is 10.1 Å². The van der Waals surface area contributed by atoms with E-state index in [4.69, 9.17) is 4.74 Å². The minimum absolute atomic E-state index is 0.0271. The number of amides is 1. The fourth-order valence-electron chi connectivity index (χ4n) is 7.58. The lowest BCUT2D eigenvalue weighted by molar-refractivity contribution is -0.124. The van der Waals surface area contributed by atoms with Crippen LogP contribution in [0.2, 0.25) is 0 Å². The van der Waals surface area contributed by atoms with Gasteiger partial charge in [-0.05, 0) is 80.2 Å². The maximum absolute atomic E-state index is 13.2. The van der Waals surface area contributed by atoms with Gasteiger partial charge in [0.15, 0.2) is 0 Å². The van der Waals surface area contributed by atoms with Crippen LogP contribution in [0.15, 0.2) is 35.5 Å². The molecule has 4 aliphatic carbocycles. The Morgan fingerprint density at radius 1 is 1.14 bits per heavy atom. The summed E-state index contributed by atoms with van der Waals surface area (Å²) in [6.07, 6.45) is 10.1. The highest BCUT2D eigenvalue weighted by Gasteiger charge is 2.51. The standard InChI is InChI=1S/C26H32N4O4S/c1-34-20-3-2-4-21(10-20)35(32,33)30-6-5-22-23(15-30)27-16-28-25(22)29-24(31)14-26-11-17-7-18(12-26)9-19(8-17)13-26/h2-4,10,16-19H,5-9,11-15H2,1H3,(H,27,28,29,31). The minimum Gasteiger partial charge on any atom is -0.497 e. The van der Waals surface area contributed by atoms with Crippen molar-refractivity contribution in [2.45, 2.75) is 62.8 Å². The fourth-order valence-corrected chi connectivity index (χ4v) is 9.01. The first-order valence-corrected chi connectivity index (χ1v) is 14.0. The van der Waals surface area contributed by atoms with Crippen LogP contribution in [-0.2, 0) is 27.8 Å². The summed E-state index contributed by atoms with van der Waals surface area (Å²) in [6.45, 7) is 0.451. The van der Waals surface area contributed by atoms with E-state index in [0.717, 1.165) is 23.3 Å². The van der Waals surface area contributed by atoms with Crippen LogP contribution in [0.25, 0.3) is 0 Å². The molecule has 0 atom stereocenters. The van der Waals surface area contributed by atoms with E-state index in [9.17, 15) is 13.2 Å². The van der Waals surface area contributed by atoms with Crippen LogP contribution in [0, 0.1) is 23.2 Å². The Morgan fingerprint density at radius 2 is 1.86 bits per heavy atom. The molecule has 9 heteroatoms. The van der Waals surface area contributed by atoms with Gasteiger partial charge in [-0.2, -0.15) is 4.31 Å². The molecule has 8 nitrogen and oxygen atoms in total. The highest BCUT2D eigenvalue weighted by atomic mass is 32.2. The topological polar surface area (TPSA) is 101 Å². The molecule has 1 N–H and O–H groups in total. The number of benzene rings is 1. The number of nitrogens with one attached hydrogen (secondary N) is 1. The SMILES string of the molecule is COc1cccc(S(=O)(=O)N2CCc3c(ncnc3NC(=O)CC34CC5CC(CC(C5)C3)C4)C2)c1. The lowest BCUT2D eigenvalue weighted by Gasteiger charge is -2.56. The molecule has 1 amide bonds. The van der Waals surface area contributed by atoms with Crippen molar-refractivity contribution in [3.8, 4) is 5.75 Å². The molecule has 2 heterocycles. The van der Waals surface area contributed by atoms with Crippen molar-refractivity contribution in [2.24, 2.45) is 23.2 Å². The number of rotatable bonds is 6. The zero-order valence-electron chi connectivity index (χ0n) is 20.1. The third-order valence-corrected chi connectivity index (χ3v) is 10.5. The van der Waals surface area contributed by atoms with Crippen molar-refractivity contribution in [1.29, 1.82) is 0 Å². The molecule has 1 aromatic carbocycles. The van der Waals surface area contributed by atoms with Gasteiger partial charge in [-0.15, -0.1) is 0 Å². The van der Waals surface area contributed by atoms with Crippen LogP contribution < -0.4 is 10.1 Å². The largest absolute Gasteiger partial charge is 0.497 e. The maximum atomic E-state index is 13.2. The third kappa shape index (κ3) is 4.22. The molecule has 4 bridgehead atoms. The summed E-state index contributed by atoms with van der Waals surface area (Å²) in [6, 6.07) is 6.49. The van der Waals surface area contributed by atoms with Crippen molar-refractivity contribution in [2.75, 3.05) is 19.0 Å². The van der Waals surface area contributed by atoms with Crippen LogP contribution in [0.3, 0.4) is 0 Å². The Morgan fingerprint density at radius 3 is 2.54 bits per heavy atom. The van der Waals surface area contributed by atoms with E-state index in [1.807, 2.05) is 0 Å². The van der Waals surface area contributed by atoms with Gasteiger partial charge in [-0.3, -0.25) is 4.79 Å². The number of ether oxygens (including phenoxy) is 1. The molecule has 5 aliphatic rings. The zero-order valence-corrected chi connectivity index (χ0v) is 20.9. The van der Waals surface area contributed by atoms with E-state index < -0.39 is 10.0 Å². The summed E-state index contributed by atoms with van der Waals surface area (Å²) in [5.41, 5.74) is 1.64. The molecule has 35 heavy (non-hydrogen) atoms. The summed E-state index contributed by atoms with van der Waals surface area (Å²) in [7, 11) is -2.19. The van der Waals surface area contributed by atoms with E-state index in [2.05, 4.69) is 15.3 Å². The second-order valence-corrected chi connectivity index (χ2v) is 13.0. The molecule has 1 aliphatic heterocycles.